The molecular formula is C27H45FO5. The Kier molecular flexibility index (Phi) is 6.96. The number of hydrogen-bond donors (Lipinski definition) is 4. The number of halogens is 1. The molecule has 0 aliphatic heterocycles. The predicted octanol–water partition coefficient (Wildman–Crippen LogP) is 4.28. The molecule has 190 valence electrons. The van der Waals surface area contributed by atoms with Gasteiger partial charge in [-0.25, -0.2) is 0 Å². The third-order valence-corrected chi connectivity index (χ3v) is 11.4. The van der Waals surface area contributed by atoms with Crippen LogP contribution in [-0.2, 0) is 4.79 Å². The van der Waals surface area contributed by atoms with E-state index in [1.54, 1.807) is 0 Å². The molecule has 4 aliphatic rings. The first kappa shape index (κ1) is 25.4. The van der Waals surface area contributed by atoms with Crippen LogP contribution in [0.25, 0.3) is 0 Å². The van der Waals surface area contributed by atoms with Crippen molar-refractivity contribution >= 4 is 5.97 Å². The lowest BCUT2D eigenvalue weighted by molar-refractivity contribution is -0.228. The normalized spacial score (nSPS) is 51.2. The molecule has 6 heteroatoms. The monoisotopic (exact) mass is 468 g/mol. The van der Waals surface area contributed by atoms with Gasteiger partial charge in [0, 0.05) is 0 Å². The number of carboxylic acids is 1. The maximum Gasteiger partial charge on any atom is 0.309 e. The summed E-state index contributed by atoms with van der Waals surface area (Å²) in [4.78, 5) is 11.5. The zero-order valence-corrected chi connectivity index (χ0v) is 20.8. The van der Waals surface area contributed by atoms with E-state index in [-0.39, 0.29) is 59.4 Å². The number of rotatable bonds is 6. The second-order valence-corrected chi connectivity index (χ2v) is 12.6. The maximum absolute atomic E-state index is 13.4. The van der Waals surface area contributed by atoms with Gasteiger partial charge in [0.1, 0.15) is 6.67 Å². The molecule has 4 N–H and O–H groups in total. The van der Waals surface area contributed by atoms with Crippen LogP contribution in [0.4, 0.5) is 4.39 Å². The highest BCUT2D eigenvalue weighted by Gasteiger charge is 2.67. The molecule has 0 heterocycles. The fraction of sp³-hybridized carbons (Fsp3) is 0.963. The lowest BCUT2D eigenvalue weighted by Gasteiger charge is -2.65. The standard InChI is InChI=1S/C27H45FO5/c1-5-17-20-11-16(29)8-9-26(20,3)21-12-22(30)27(4)18(6-7-19(27)23(21)24(17)31)14(2)10-15(13-28)25(32)33/h14-24,29-31H,5-13H2,1-4H3,(H,32,33)/t14-,15+,16-,17-,18-,19?,20+,21?,22+,23+,24-,26+,27-/m1/s1. The lowest BCUT2D eigenvalue weighted by Crippen LogP contribution is -2.65. The Morgan fingerprint density at radius 1 is 1.06 bits per heavy atom. The Hall–Kier alpha value is -0.720. The Balaban J connectivity index is 1.65. The molecular weight excluding hydrogens is 423 g/mol. The van der Waals surface area contributed by atoms with Crippen LogP contribution in [0.15, 0.2) is 0 Å². The van der Waals surface area contributed by atoms with E-state index < -0.39 is 36.2 Å². The molecule has 0 bridgehead atoms. The van der Waals surface area contributed by atoms with Crippen molar-refractivity contribution in [3.05, 3.63) is 0 Å². The van der Waals surface area contributed by atoms with Crippen LogP contribution in [0, 0.1) is 58.2 Å². The first-order valence-electron chi connectivity index (χ1n) is 13.3. The number of aliphatic hydroxyl groups is 3. The number of aliphatic carboxylic acids is 1. The van der Waals surface area contributed by atoms with Gasteiger partial charge in [-0.2, -0.15) is 0 Å². The van der Waals surface area contributed by atoms with Gasteiger partial charge in [0.05, 0.1) is 24.2 Å². The van der Waals surface area contributed by atoms with Crippen LogP contribution in [0.5, 0.6) is 0 Å². The summed E-state index contributed by atoms with van der Waals surface area (Å²) in [6, 6.07) is 0. The number of alkyl halides is 1. The number of carbonyl (C=O) groups is 1. The summed E-state index contributed by atoms with van der Waals surface area (Å²) in [7, 11) is 0. The minimum absolute atomic E-state index is 0.00100. The summed E-state index contributed by atoms with van der Waals surface area (Å²) in [6.07, 6.45) is 4.88. The molecule has 0 amide bonds. The van der Waals surface area contributed by atoms with Gasteiger partial charge >= 0.3 is 5.97 Å². The summed E-state index contributed by atoms with van der Waals surface area (Å²) in [5.74, 6) is -0.991. The molecule has 4 fully saturated rings. The third kappa shape index (κ3) is 3.78. The molecule has 5 nitrogen and oxygen atoms in total. The van der Waals surface area contributed by atoms with Crippen molar-refractivity contribution in [2.24, 2.45) is 58.2 Å². The molecule has 33 heavy (non-hydrogen) atoms. The molecule has 4 saturated carbocycles. The van der Waals surface area contributed by atoms with Gasteiger partial charge in [-0.3, -0.25) is 9.18 Å². The van der Waals surface area contributed by atoms with Crippen molar-refractivity contribution < 1.29 is 29.6 Å². The van der Waals surface area contributed by atoms with Crippen molar-refractivity contribution in [3.8, 4) is 0 Å². The van der Waals surface area contributed by atoms with Crippen molar-refractivity contribution in [3.63, 3.8) is 0 Å². The highest BCUT2D eigenvalue weighted by Crippen LogP contribution is 2.69. The van der Waals surface area contributed by atoms with E-state index in [0.29, 0.717) is 6.42 Å². The van der Waals surface area contributed by atoms with Gasteiger partial charge in [-0.1, -0.05) is 34.1 Å². The summed E-state index contributed by atoms with van der Waals surface area (Å²) in [5.41, 5.74) is -0.380. The second-order valence-electron chi connectivity index (χ2n) is 12.6. The second kappa shape index (κ2) is 9.05. The lowest BCUT2D eigenvalue weighted by atomic mass is 9.41. The van der Waals surface area contributed by atoms with Gasteiger partial charge in [-0.05, 0) is 97.2 Å². The number of aliphatic hydroxyl groups excluding tert-OH is 3. The predicted molar refractivity (Wildman–Crippen MR) is 124 cm³/mol. The van der Waals surface area contributed by atoms with E-state index in [2.05, 4.69) is 20.8 Å². The highest BCUT2D eigenvalue weighted by atomic mass is 19.1. The van der Waals surface area contributed by atoms with Crippen LogP contribution < -0.4 is 0 Å². The first-order valence-corrected chi connectivity index (χ1v) is 13.3. The van der Waals surface area contributed by atoms with E-state index in [1.807, 2.05) is 6.92 Å². The van der Waals surface area contributed by atoms with E-state index in [0.717, 1.165) is 38.5 Å². The molecule has 4 rings (SSSR count). The van der Waals surface area contributed by atoms with Gasteiger partial charge in [-0.15, -0.1) is 0 Å². The smallest absolute Gasteiger partial charge is 0.309 e. The molecule has 13 atom stereocenters. The Morgan fingerprint density at radius 3 is 2.36 bits per heavy atom. The molecule has 4 aliphatic carbocycles. The molecule has 0 spiro atoms. The third-order valence-electron chi connectivity index (χ3n) is 11.4. The number of hydrogen-bond acceptors (Lipinski definition) is 4. The van der Waals surface area contributed by atoms with Gasteiger partial charge in [0.2, 0.25) is 0 Å². The van der Waals surface area contributed by atoms with Gasteiger partial charge in [0.15, 0.2) is 0 Å². The summed E-state index contributed by atoms with van der Waals surface area (Å²) in [5, 5.41) is 43.2. The van der Waals surface area contributed by atoms with Crippen LogP contribution in [0.3, 0.4) is 0 Å². The van der Waals surface area contributed by atoms with E-state index in [9.17, 15) is 29.6 Å². The van der Waals surface area contributed by atoms with Crippen LogP contribution in [0.2, 0.25) is 0 Å². The minimum atomic E-state index is -1.08. The maximum atomic E-state index is 13.4. The van der Waals surface area contributed by atoms with Crippen LogP contribution in [0.1, 0.15) is 79.1 Å². The van der Waals surface area contributed by atoms with Crippen molar-refractivity contribution in [2.45, 2.75) is 97.4 Å². The average molecular weight is 469 g/mol. The Labute approximate surface area is 198 Å². The van der Waals surface area contributed by atoms with E-state index in [1.165, 1.54) is 0 Å². The Morgan fingerprint density at radius 2 is 1.76 bits per heavy atom. The van der Waals surface area contributed by atoms with Crippen LogP contribution in [-0.4, -0.2) is 51.4 Å². The molecule has 0 aromatic heterocycles. The van der Waals surface area contributed by atoms with E-state index in [4.69, 9.17) is 0 Å². The van der Waals surface area contributed by atoms with Crippen LogP contribution >= 0.6 is 0 Å². The zero-order chi connectivity index (χ0) is 24.3. The topological polar surface area (TPSA) is 98.0 Å². The van der Waals surface area contributed by atoms with Crippen molar-refractivity contribution in [2.75, 3.05) is 6.67 Å². The van der Waals surface area contributed by atoms with Gasteiger partial charge < -0.3 is 20.4 Å². The summed E-state index contributed by atoms with van der Waals surface area (Å²) in [6.45, 7) is 7.82. The molecule has 0 aromatic carbocycles. The van der Waals surface area contributed by atoms with Gasteiger partial charge in [0.25, 0.3) is 0 Å². The Bertz CT molecular complexity index is 731. The van der Waals surface area contributed by atoms with Crippen molar-refractivity contribution in [1.29, 1.82) is 0 Å². The van der Waals surface area contributed by atoms with E-state index >= 15 is 0 Å². The molecule has 0 aromatic rings. The fourth-order valence-electron chi connectivity index (χ4n) is 9.73. The molecule has 0 saturated heterocycles. The van der Waals surface area contributed by atoms with Crippen molar-refractivity contribution in [1.82, 2.24) is 0 Å². The highest BCUT2D eigenvalue weighted by molar-refractivity contribution is 5.70. The molecule has 0 radical (unpaired) electrons. The summed E-state index contributed by atoms with van der Waals surface area (Å²) < 4.78 is 13.4. The number of fused-ring (bicyclic) bond motifs is 5. The summed E-state index contributed by atoms with van der Waals surface area (Å²) >= 11 is 0. The SMILES string of the molecule is CC[C@H]1[C@@H](O)[C@H]2C3CC[C@H]([C@H](C)C[C@@H](CF)C(=O)O)[C@@]3(C)[C@@H](O)CC2[C@@]2(C)CC[C@@H](O)C[C@@H]12. The first-order chi connectivity index (χ1) is 15.5. The molecule has 2 unspecified atom stereocenters. The quantitative estimate of drug-likeness (QED) is 0.466. The zero-order valence-electron chi connectivity index (χ0n) is 20.8. The fourth-order valence-corrected chi connectivity index (χ4v) is 9.73. The number of carboxylic acid groups (broad SMARTS) is 1. The minimum Gasteiger partial charge on any atom is -0.481 e. The largest absolute Gasteiger partial charge is 0.481 e. The average Bonchev–Trinajstić information content (AvgIpc) is 3.12.